The molecule has 0 unspecified atom stereocenters. The molecule has 0 aliphatic carbocycles. The van der Waals surface area contributed by atoms with Gasteiger partial charge in [0.15, 0.2) is 5.03 Å². The first kappa shape index (κ1) is 13.3. The van der Waals surface area contributed by atoms with Gasteiger partial charge < -0.3 is 5.73 Å². The van der Waals surface area contributed by atoms with E-state index in [9.17, 15) is 8.42 Å². The Morgan fingerprint density at radius 3 is 2.67 bits per heavy atom. The minimum absolute atomic E-state index is 0.0961. The van der Waals surface area contributed by atoms with E-state index in [0.717, 1.165) is 10.9 Å². The van der Waals surface area contributed by atoms with Crippen molar-refractivity contribution in [3.8, 4) is 0 Å². The molecule has 0 aliphatic rings. The molecule has 2 aromatic heterocycles. The molecule has 1 aromatic carbocycles. The van der Waals surface area contributed by atoms with Crippen LogP contribution in [0.3, 0.4) is 0 Å². The number of rotatable bonds is 3. The summed E-state index contributed by atoms with van der Waals surface area (Å²) in [6, 6.07) is 12.2. The van der Waals surface area contributed by atoms with E-state index in [2.05, 4.69) is 14.7 Å². The fourth-order valence-electron chi connectivity index (χ4n) is 1.96. The van der Waals surface area contributed by atoms with Crippen LogP contribution in [0.2, 0.25) is 0 Å². The van der Waals surface area contributed by atoms with Crippen molar-refractivity contribution in [1.29, 1.82) is 0 Å². The van der Waals surface area contributed by atoms with Gasteiger partial charge in [-0.3, -0.25) is 9.71 Å². The van der Waals surface area contributed by atoms with Crippen LogP contribution in [0.4, 0.5) is 11.4 Å². The number of nitrogens with zero attached hydrogens (tertiary/aromatic N) is 2. The van der Waals surface area contributed by atoms with Gasteiger partial charge in [-0.1, -0.05) is 18.2 Å². The van der Waals surface area contributed by atoms with Gasteiger partial charge in [-0.05, 0) is 24.3 Å². The smallest absolute Gasteiger partial charge is 0.281 e. The zero-order valence-electron chi connectivity index (χ0n) is 10.9. The van der Waals surface area contributed by atoms with Gasteiger partial charge in [0.05, 0.1) is 23.1 Å². The molecule has 2 heterocycles. The topological polar surface area (TPSA) is 98.0 Å². The molecule has 106 valence electrons. The number of pyridine rings is 2. The van der Waals surface area contributed by atoms with Crippen molar-refractivity contribution in [2.45, 2.75) is 5.03 Å². The Labute approximate surface area is 121 Å². The third kappa shape index (κ3) is 2.63. The molecule has 0 atom stereocenters. The van der Waals surface area contributed by atoms with Gasteiger partial charge in [-0.25, -0.2) is 4.98 Å². The Bertz CT molecular complexity index is 910. The van der Waals surface area contributed by atoms with E-state index >= 15 is 0 Å². The molecule has 0 saturated heterocycles. The number of aromatic nitrogens is 2. The fourth-order valence-corrected chi connectivity index (χ4v) is 3.05. The third-order valence-electron chi connectivity index (χ3n) is 2.90. The SMILES string of the molecule is Nc1cccnc1S(=O)(=O)Nc1cnc2ccccc2c1. The van der Waals surface area contributed by atoms with Crippen LogP contribution in [0.1, 0.15) is 0 Å². The number of para-hydroxylation sites is 1. The van der Waals surface area contributed by atoms with Crippen molar-refractivity contribution in [2.75, 3.05) is 10.5 Å². The molecular weight excluding hydrogens is 288 g/mol. The molecule has 6 nitrogen and oxygen atoms in total. The first-order chi connectivity index (χ1) is 10.1. The Morgan fingerprint density at radius 2 is 1.86 bits per heavy atom. The van der Waals surface area contributed by atoms with Crippen LogP contribution in [0.5, 0.6) is 0 Å². The Kier molecular flexibility index (Phi) is 3.19. The van der Waals surface area contributed by atoms with E-state index in [1.807, 2.05) is 24.3 Å². The number of sulfonamides is 1. The molecule has 21 heavy (non-hydrogen) atoms. The quantitative estimate of drug-likeness (QED) is 0.771. The van der Waals surface area contributed by atoms with Crippen LogP contribution in [-0.2, 0) is 10.0 Å². The van der Waals surface area contributed by atoms with Gasteiger partial charge in [0.1, 0.15) is 0 Å². The molecule has 3 aromatic rings. The molecule has 0 radical (unpaired) electrons. The maximum Gasteiger partial charge on any atom is 0.281 e. The molecule has 0 bridgehead atoms. The molecular formula is C14H12N4O2S. The maximum absolute atomic E-state index is 12.3. The van der Waals surface area contributed by atoms with Crippen molar-refractivity contribution in [3.05, 3.63) is 54.9 Å². The van der Waals surface area contributed by atoms with E-state index < -0.39 is 10.0 Å². The minimum atomic E-state index is -3.84. The number of hydrogen-bond acceptors (Lipinski definition) is 5. The van der Waals surface area contributed by atoms with Gasteiger partial charge in [-0.15, -0.1) is 0 Å². The van der Waals surface area contributed by atoms with E-state index in [0.29, 0.717) is 5.69 Å². The van der Waals surface area contributed by atoms with Crippen LogP contribution < -0.4 is 10.5 Å². The van der Waals surface area contributed by atoms with Gasteiger partial charge >= 0.3 is 0 Å². The second-order valence-electron chi connectivity index (χ2n) is 4.42. The van der Waals surface area contributed by atoms with Crippen LogP contribution in [0.15, 0.2) is 59.9 Å². The summed E-state index contributed by atoms with van der Waals surface area (Å²) < 4.78 is 27.0. The minimum Gasteiger partial charge on any atom is -0.396 e. The lowest BCUT2D eigenvalue weighted by molar-refractivity contribution is 0.598. The number of anilines is 2. The number of benzene rings is 1. The third-order valence-corrected chi connectivity index (χ3v) is 4.25. The highest BCUT2D eigenvalue weighted by Crippen LogP contribution is 2.21. The van der Waals surface area contributed by atoms with Crippen molar-refractivity contribution >= 4 is 32.3 Å². The molecule has 7 heteroatoms. The number of nitrogens with two attached hydrogens (primary N) is 1. The summed E-state index contributed by atoms with van der Waals surface area (Å²) in [7, 11) is -3.84. The summed E-state index contributed by atoms with van der Waals surface area (Å²) in [5.74, 6) is 0. The van der Waals surface area contributed by atoms with E-state index in [1.165, 1.54) is 18.5 Å². The average molecular weight is 300 g/mol. The van der Waals surface area contributed by atoms with E-state index in [-0.39, 0.29) is 10.7 Å². The number of nitrogens with one attached hydrogen (secondary N) is 1. The van der Waals surface area contributed by atoms with Gasteiger partial charge in [0, 0.05) is 11.6 Å². The summed E-state index contributed by atoms with van der Waals surface area (Å²) in [5, 5.41) is 0.643. The number of fused-ring (bicyclic) bond motifs is 1. The normalized spacial score (nSPS) is 11.4. The van der Waals surface area contributed by atoms with Crippen molar-refractivity contribution in [1.82, 2.24) is 9.97 Å². The first-order valence-electron chi connectivity index (χ1n) is 6.14. The molecule has 0 aliphatic heterocycles. The molecule has 0 fully saturated rings. The number of hydrogen-bond donors (Lipinski definition) is 2. The lowest BCUT2D eigenvalue weighted by Gasteiger charge is -2.09. The monoisotopic (exact) mass is 300 g/mol. The van der Waals surface area contributed by atoms with Crippen LogP contribution in [0, 0.1) is 0 Å². The Morgan fingerprint density at radius 1 is 1.05 bits per heavy atom. The van der Waals surface area contributed by atoms with Gasteiger partial charge in [0.2, 0.25) is 0 Å². The lowest BCUT2D eigenvalue weighted by Crippen LogP contribution is -2.16. The van der Waals surface area contributed by atoms with Crippen molar-refractivity contribution in [3.63, 3.8) is 0 Å². The Hall–Kier alpha value is -2.67. The highest BCUT2D eigenvalue weighted by Gasteiger charge is 2.19. The Balaban J connectivity index is 1.99. The standard InChI is InChI=1S/C14H12N4O2S/c15-12-5-3-7-16-14(12)21(19,20)18-11-8-10-4-1-2-6-13(10)17-9-11/h1-9,18H,15H2. The second-order valence-corrected chi connectivity index (χ2v) is 6.02. The van der Waals surface area contributed by atoms with E-state index in [1.54, 1.807) is 12.1 Å². The molecule has 0 amide bonds. The molecule has 0 spiro atoms. The van der Waals surface area contributed by atoms with Gasteiger partial charge in [-0.2, -0.15) is 8.42 Å². The number of nitrogen functional groups attached to an aromatic ring is 1. The summed E-state index contributed by atoms with van der Waals surface area (Å²) in [6.45, 7) is 0. The average Bonchev–Trinajstić information content (AvgIpc) is 2.47. The highest BCUT2D eigenvalue weighted by molar-refractivity contribution is 7.92. The van der Waals surface area contributed by atoms with Crippen molar-refractivity contribution in [2.24, 2.45) is 0 Å². The van der Waals surface area contributed by atoms with E-state index in [4.69, 9.17) is 5.73 Å². The zero-order valence-corrected chi connectivity index (χ0v) is 11.7. The van der Waals surface area contributed by atoms with Gasteiger partial charge in [0.25, 0.3) is 10.0 Å². The zero-order chi connectivity index (χ0) is 14.9. The highest BCUT2D eigenvalue weighted by atomic mass is 32.2. The van der Waals surface area contributed by atoms with Crippen molar-refractivity contribution < 1.29 is 8.42 Å². The largest absolute Gasteiger partial charge is 0.396 e. The molecule has 0 saturated carbocycles. The van der Waals surface area contributed by atoms with Crippen LogP contribution in [-0.4, -0.2) is 18.4 Å². The summed E-state index contributed by atoms with van der Waals surface area (Å²) in [5.41, 5.74) is 6.90. The predicted octanol–water partition coefficient (Wildman–Crippen LogP) is 2.01. The summed E-state index contributed by atoms with van der Waals surface area (Å²) >= 11 is 0. The van der Waals surface area contributed by atoms with Crippen LogP contribution in [0.25, 0.3) is 10.9 Å². The summed E-state index contributed by atoms with van der Waals surface area (Å²) in [4.78, 5) is 8.02. The molecule has 3 rings (SSSR count). The second kappa shape index (κ2) is 5.02. The maximum atomic E-state index is 12.3. The fraction of sp³-hybridized carbons (Fsp3) is 0. The first-order valence-corrected chi connectivity index (χ1v) is 7.63. The summed E-state index contributed by atoms with van der Waals surface area (Å²) in [6.07, 6.45) is 2.84. The predicted molar refractivity (Wildman–Crippen MR) is 81.2 cm³/mol. The van der Waals surface area contributed by atoms with Crippen LogP contribution >= 0.6 is 0 Å². The molecule has 3 N–H and O–H groups in total. The lowest BCUT2D eigenvalue weighted by atomic mass is 10.2.